The summed E-state index contributed by atoms with van der Waals surface area (Å²) in [6.07, 6.45) is 3.15. The van der Waals surface area contributed by atoms with Crippen molar-refractivity contribution >= 4 is 11.5 Å². The Balaban J connectivity index is 1.70. The van der Waals surface area contributed by atoms with Gasteiger partial charge < -0.3 is 9.84 Å². The second-order valence-corrected chi connectivity index (χ2v) is 5.51. The van der Waals surface area contributed by atoms with Crippen LogP contribution in [0.4, 0.5) is 11.5 Å². The molecular formula is C19H15N5O. The van der Waals surface area contributed by atoms with Crippen LogP contribution in [0.25, 0.3) is 22.8 Å². The molecule has 2 aromatic heterocycles. The van der Waals surface area contributed by atoms with Crippen molar-refractivity contribution in [1.82, 2.24) is 20.1 Å². The fourth-order valence-electron chi connectivity index (χ4n) is 2.46. The lowest BCUT2D eigenvalue weighted by Gasteiger charge is -2.10. The summed E-state index contributed by atoms with van der Waals surface area (Å²) in [6.45, 7) is 2.03. The van der Waals surface area contributed by atoms with Crippen LogP contribution in [0.1, 0.15) is 5.56 Å². The third kappa shape index (κ3) is 3.10. The molecule has 25 heavy (non-hydrogen) atoms. The lowest BCUT2D eigenvalue weighted by Crippen LogP contribution is -1.99. The number of hydrogen-bond donors (Lipinski definition) is 1. The highest BCUT2D eigenvalue weighted by molar-refractivity contribution is 5.74. The van der Waals surface area contributed by atoms with Gasteiger partial charge in [0.15, 0.2) is 0 Å². The molecule has 0 spiro atoms. The Kier molecular flexibility index (Phi) is 3.92. The Hall–Kier alpha value is -3.54. The lowest BCUT2D eigenvalue weighted by atomic mass is 10.2. The summed E-state index contributed by atoms with van der Waals surface area (Å²) < 4.78 is 5.43. The van der Waals surface area contributed by atoms with Gasteiger partial charge in [-0.15, -0.1) is 0 Å². The molecule has 0 amide bonds. The molecule has 6 heteroatoms. The second-order valence-electron chi connectivity index (χ2n) is 5.51. The molecule has 6 nitrogen and oxygen atoms in total. The smallest absolute Gasteiger partial charge is 0.263 e. The molecule has 0 bridgehead atoms. The minimum atomic E-state index is 0.371. The van der Waals surface area contributed by atoms with E-state index in [1.807, 2.05) is 61.5 Å². The van der Waals surface area contributed by atoms with Crippen molar-refractivity contribution in [3.63, 3.8) is 0 Å². The molecule has 0 fully saturated rings. The number of nitrogens with one attached hydrogen (secondary N) is 1. The van der Waals surface area contributed by atoms with Gasteiger partial charge in [0.1, 0.15) is 17.7 Å². The summed E-state index contributed by atoms with van der Waals surface area (Å²) in [5.41, 5.74) is 3.62. The van der Waals surface area contributed by atoms with E-state index in [0.29, 0.717) is 23.1 Å². The van der Waals surface area contributed by atoms with Crippen LogP contribution in [0.3, 0.4) is 0 Å². The van der Waals surface area contributed by atoms with Crippen molar-refractivity contribution in [1.29, 1.82) is 0 Å². The predicted octanol–water partition coefficient (Wildman–Crippen LogP) is 4.25. The van der Waals surface area contributed by atoms with Crippen molar-refractivity contribution in [2.45, 2.75) is 6.92 Å². The number of benzene rings is 2. The summed E-state index contributed by atoms with van der Waals surface area (Å²) in [7, 11) is 0. The van der Waals surface area contributed by atoms with E-state index in [-0.39, 0.29) is 0 Å². The Morgan fingerprint density at radius 2 is 1.76 bits per heavy atom. The molecular weight excluding hydrogens is 314 g/mol. The van der Waals surface area contributed by atoms with Gasteiger partial charge in [-0.3, -0.25) is 0 Å². The fraction of sp³-hybridized carbons (Fsp3) is 0.0526. The number of hydrogen-bond acceptors (Lipinski definition) is 6. The van der Waals surface area contributed by atoms with Crippen LogP contribution in [-0.2, 0) is 0 Å². The molecule has 122 valence electrons. The molecule has 0 aliphatic rings. The monoisotopic (exact) mass is 329 g/mol. The van der Waals surface area contributed by atoms with Gasteiger partial charge in [-0.1, -0.05) is 53.7 Å². The third-order valence-corrected chi connectivity index (χ3v) is 3.80. The minimum absolute atomic E-state index is 0.371. The maximum absolute atomic E-state index is 5.43. The highest BCUT2D eigenvalue weighted by Gasteiger charge is 2.16. The molecule has 4 rings (SSSR count). The molecule has 2 heterocycles. The molecule has 0 atom stereocenters. The zero-order valence-corrected chi connectivity index (χ0v) is 13.5. The molecule has 0 aliphatic carbocycles. The summed E-state index contributed by atoms with van der Waals surface area (Å²) in [5, 5.41) is 7.37. The Morgan fingerprint density at radius 3 is 2.60 bits per heavy atom. The minimum Gasteiger partial charge on any atom is -0.339 e. The van der Waals surface area contributed by atoms with Crippen LogP contribution in [-0.4, -0.2) is 20.1 Å². The molecule has 2 aromatic carbocycles. The van der Waals surface area contributed by atoms with Crippen LogP contribution in [0, 0.1) is 6.92 Å². The van der Waals surface area contributed by atoms with Gasteiger partial charge in [0.25, 0.3) is 5.89 Å². The van der Waals surface area contributed by atoms with E-state index in [2.05, 4.69) is 25.4 Å². The summed E-state index contributed by atoms with van der Waals surface area (Å²) in [5.74, 6) is 1.52. The van der Waals surface area contributed by atoms with E-state index in [9.17, 15) is 0 Å². The van der Waals surface area contributed by atoms with Gasteiger partial charge in [-0.05, 0) is 18.6 Å². The van der Waals surface area contributed by atoms with E-state index in [4.69, 9.17) is 4.52 Å². The van der Waals surface area contributed by atoms with E-state index in [1.165, 1.54) is 6.33 Å². The maximum atomic E-state index is 5.43. The Morgan fingerprint density at radius 1 is 0.960 bits per heavy atom. The van der Waals surface area contributed by atoms with Gasteiger partial charge in [0.2, 0.25) is 5.82 Å². The Labute approximate surface area is 144 Å². The van der Waals surface area contributed by atoms with Crippen molar-refractivity contribution in [3.8, 4) is 22.8 Å². The first-order valence-corrected chi connectivity index (χ1v) is 7.83. The van der Waals surface area contributed by atoms with Crippen LogP contribution in [0.15, 0.2) is 71.6 Å². The molecule has 0 aliphatic heterocycles. The number of para-hydroxylation sites is 1. The van der Waals surface area contributed by atoms with E-state index < -0.39 is 0 Å². The lowest BCUT2D eigenvalue weighted by molar-refractivity contribution is 0.432. The number of nitrogens with zero attached hydrogens (tertiary/aromatic N) is 4. The summed E-state index contributed by atoms with van der Waals surface area (Å²) >= 11 is 0. The van der Waals surface area contributed by atoms with Crippen LogP contribution < -0.4 is 5.32 Å². The Bertz CT molecular complexity index is 997. The number of rotatable bonds is 4. The third-order valence-electron chi connectivity index (χ3n) is 3.80. The van der Waals surface area contributed by atoms with Crippen LogP contribution in [0.2, 0.25) is 0 Å². The standard InChI is InChI=1S/C19H15N5O/c1-13-7-5-6-10-16(13)22-18-15(11-20-12-21-18)19-23-17(24-25-19)14-8-3-2-4-9-14/h2-12H,1H3,(H,20,21,22). The molecule has 1 N–H and O–H groups in total. The average Bonchev–Trinajstić information content (AvgIpc) is 3.15. The van der Waals surface area contributed by atoms with Crippen molar-refractivity contribution in [3.05, 3.63) is 72.7 Å². The second kappa shape index (κ2) is 6.52. The molecule has 0 saturated heterocycles. The van der Waals surface area contributed by atoms with E-state index in [1.54, 1.807) is 6.20 Å². The van der Waals surface area contributed by atoms with Crippen LogP contribution in [0.5, 0.6) is 0 Å². The average molecular weight is 329 g/mol. The highest BCUT2D eigenvalue weighted by Crippen LogP contribution is 2.29. The summed E-state index contributed by atoms with van der Waals surface area (Å²) in [6, 6.07) is 17.7. The highest BCUT2D eigenvalue weighted by atomic mass is 16.5. The quantitative estimate of drug-likeness (QED) is 0.603. The zero-order valence-electron chi connectivity index (χ0n) is 13.5. The van der Waals surface area contributed by atoms with Crippen molar-refractivity contribution in [2.75, 3.05) is 5.32 Å². The normalized spacial score (nSPS) is 10.6. The van der Waals surface area contributed by atoms with Gasteiger partial charge >= 0.3 is 0 Å². The van der Waals surface area contributed by atoms with Crippen LogP contribution >= 0.6 is 0 Å². The first kappa shape index (κ1) is 15.0. The summed E-state index contributed by atoms with van der Waals surface area (Å²) in [4.78, 5) is 12.9. The zero-order chi connectivity index (χ0) is 17.1. The van der Waals surface area contributed by atoms with Gasteiger partial charge in [0.05, 0.1) is 0 Å². The van der Waals surface area contributed by atoms with Gasteiger partial charge in [0, 0.05) is 17.4 Å². The maximum Gasteiger partial charge on any atom is 0.263 e. The topological polar surface area (TPSA) is 76.7 Å². The van der Waals surface area contributed by atoms with E-state index in [0.717, 1.165) is 16.8 Å². The van der Waals surface area contributed by atoms with Gasteiger partial charge in [-0.25, -0.2) is 9.97 Å². The number of aryl methyl sites for hydroxylation is 1. The molecule has 0 unspecified atom stereocenters. The van der Waals surface area contributed by atoms with Crippen molar-refractivity contribution in [2.24, 2.45) is 0 Å². The largest absolute Gasteiger partial charge is 0.339 e. The number of anilines is 2. The van der Waals surface area contributed by atoms with Gasteiger partial charge in [-0.2, -0.15) is 4.98 Å². The predicted molar refractivity (Wildman–Crippen MR) is 95.2 cm³/mol. The fourth-order valence-corrected chi connectivity index (χ4v) is 2.46. The molecule has 0 radical (unpaired) electrons. The SMILES string of the molecule is Cc1ccccc1Nc1ncncc1-c1nc(-c2ccccc2)no1. The van der Waals surface area contributed by atoms with E-state index >= 15 is 0 Å². The first-order valence-electron chi connectivity index (χ1n) is 7.83. The first-order chi connectivity index (χ1) is 12.3. The van der Waals surface area contributed by atoms with Crippen molar-refractivity contribution < 1.29 is 4.52 Å². The molecule has 0 saturated carbocycles. The molecule has 4 aromatic rings. The number of aromatic nitrogens is 4.